The van der Waals surface area contributed by atoms with Crippen molar-refractivity contribution in [1.29, 1.82) is 5.26 Å². The van der Waals surface area contributed by atoms with Crippen molar-refractivity contribution >= 4 is 5.82 Å². The van der Waals surface area contributed by atoms with Gasteiger partial charge in [0.05, 0.1) is 11.6 Å². The van der Waals surface area contributed by atoms with Crippen molar-refractivity contribution in [1.82, 2.24) is 4.98 Å². The summed E-state index contributed by atoms with van der Waals surface area (Å²) in [6, 6.07) is 5.49. The summed E-state index contributed by atoms with van der Waals surface area (Å²) >= 11 is 0. The van der Waals surface area contributed by atoms with Crippen LogP contribution in [0.25, 0.3) is 0 Å². The van der Waals surface area contributed by atoms with Gasteiger partial charge in [-0.1, -0.05) is 11.6 Å². The van der Waals surface area contributed by atoms with Crippen molar-refractivity contribution in [2.75, 3.05) is 11.9 Å². The third-order valence-corrected chi connectivity index (χ3v) is 1.68. The molecule has 0 unspecified atom stereocenters. The minimum absolute atomic E-state index is 0.625. The Kier molecular flexibility index (Phi) is 3.69. The van der Waals surface area contributed by atoms with Crippen molar-refractivity contribution < 1.29 is 0 Å². The molecule has 1 heterocycles. The van der Waals surface area contributed by atoms with Gasteiger partial charge < -0.3 is 5.32 Å². The second kappa shape index (κ2) is 5.03. The van der Waals surface area contributed by atoms with Gasteiger partial charge in [0, 0.05) is 12.7 Å². The van der Waals surface area contributed by atoms with E-state index in [-0.39, 0.29) is 0 Å². The van der Waals surface area contributed by atoms with Gasteiger partial charge in [0.25, 0.3) is 0 Å². The molecule has 72 valence electrons. The number of hydrogen-bond donors (Lipinski definition) is 1. The van der Waals surface area contributed by atoms with Crippen LogP contribution in [0.4, 0.5) is 5.82 Å². The average Bonchev–Trinajstić information content (AvgIpc) is 2.18. The fourth-order valence-electron chi connectivity index (χ4n) is 0.956. The summed E-state index contributed by atoms with van der Waals surface area (Å²) in [6.07, 6.45) is 3.70. The summed E-state index contributed by atoms with van der Waals surface area (Å²) < 4.78 is 0. The number of nitrogens with zero attached hydrogens (tertiary/aromatic N) is 2. The predicted molar refractivity (Wildman–Crippen MR) is 56.9 cm³/mol. The molecule has 0 aliphatic rings. The summed E-state index contributed by atoms with van der Waals surface area (Å²) in [5.74, 6) is 0.738. The van der Waals surface area contributed by atoms with Crippen LogP contribution in [0.2, 0.25) is 0 Å². The lowest BCUT2D eigenvalue weighted by atomic mass is 10.3. The normalized spacial score (nSPS) is 8.93. The number of hydrogen-bond acceptors (Lipinski definition) is 3. The first-order chi connectivity index (χ1) is 6.72. The SMILES string of the molecule is CC(C)=CCNc1cc(C#N)ccn1. The van der Waals surface area contributed by atoms with Crippen LogP contribution >= 0.6 is 0 Å². The molecule has 0 saturated heterocycles. The summed E-state index contributed by atoms with van der Waals surface area (Å²) in [6.45, 7) is 4.83. The van der Waals surface area contributed by atoms with E-state index in [0.29, 0.717) is 5.56 Å². The van der Waals surface area contributed by atoms with Crippen molar-refractivity contribution in [2.45, 2.75) is 13.8 Å². The monoisotopic (exact) mass is 187 g/mol. The maximum Gasteiger partial charge on any atom is 0.127 e. The first kappa shape index (κ1) is 10.3. The van der Waals surface area contributed by atoms with Crippen LogP contribution in [0, 0.1) is 11.3 Å². The molecule has 0 radical (unpaired) electrons. The Bertz CT molecular complexity index is 370. The zero-order valence-electron chi connectivity index (χ0n) is 8.41. The zero-order valence-corrected chi connectivity index (χ0v) is 8.41. The lowest BCUT2D eigenvalue weighted by Gasteiger charge is -2.01. The fourth-order valence-corrected chi connectivity index (χ4v) is 0.956. The van der Waals surface area contributed by atoms with Crippen LogP contribution in [0.15, 0.2) is 30.0 Å². The molecule has 0 aliphatic heterocycles. The van der Waals surface area contributed by atoms with Crippen molar-refractivity contribution in [2.24, 2.45) is 0 Å². The first-order valence-corrected chi connectivity index (χ1v) is 4.46. The molecule has 0 saturated carbocycles. The molecule has 1 N–H and O–H groups in total. The summed E-state index contributed by atoms with van der Waals surface area (Å²) in [5, 5.41) is 11.8. The van der Waals surface area contributed by atoms with Gasteiger partial charge in [0.15, 0.2) is 0 Å². The van der Waals surface area contributed by atoms with Gasteiger partial charge in [-0.2, -0.15) is 5.26 Å². The Labute approximate surface area is 84.1 Å². The summed E-state index contributed by atoms with van der Waals surface area (Å²) in [4.78, 5) is 4.09. The molecule has 1 aromatic heterocycles. The Morgan fingerprint density at radius 3 is 3.07 bits per heavy atom. The van der Waals surface area contributed by atoms with Gasteiger partial charge in [0.2, 0.25) is 0 Å². The molecular formula is C11H13N3. The van der Waals surface area contributed by atoms with Gasteiger partial charge in [-0.15, -0.1) is 0 Å². The molecule has 0 aliphatic carbocycles. The highest BCUT2D eigenvalue weighted by atomic mass is 15.0. The van der Waals surface area contributed by atoms with E-state index >= 15 is 0 Å². The maximum atomic E-state index is 8.66. The number of nitrogens with one attached hydrogen (secondary N) is 1. The second-order valence-corrected chi connectivity index (χ2v) is 3.20. The molecule has 0 atom stereocenters. The fraction of sp³-hybridized carbons (Fsp3) is 0.273. The van der Waals surface area contributed by atoms with E-state index in [9.17, 15) is 0 Å². The van der Waals surface area contributed by atoms with Crippen molar-refractivity contribution in [3.05, 3.63) is 35.5 Å². The summed E-state index contributed by atoms with van der Waals surface area (Å²) in [7, 11) is 0. The molecule has 0 amide bonds. The van der Waals surface area contributed by atoms with Crippen LogP contribution in [0.3, 0.4) is 0 Å². The molecule has 0 spiro atoms. The molecule has 1 rings (SSSR count). The third kappa shape index (κ3) is 3.28. The lowest BCUT2D eigenvalue weighted by Crippen LogP contribution is -2.00. The molecule has 3 nitrogen and oxygen atoms in total. The van der Waals surface area contributed by atoms with Crippen LogP contribution in [-0.2, 0) is 0 Å². The van der Waals surface area contributed by atoms with E-state index in [1.54, 1.807) is 18.3 Å². The van der Waals surface area contributed by atoms with E-state index in [1.165, 1.54) is 5.57 Å². The second-order valence-electron chi connectivity index (χ2n) is 3.20. The molecular weight excluding hydrogens is 174 g/mol. The standard InChI is InChI=1S/C11H13N3/c1-9(2)3-5-13-11-7-10(8-12)4-6-14-11/h3-4,6-7H,5H2,1-2H3,(H,13,14). The number of rotatable bonds is 3. The molecule has 1 aromatic rings. The van der Waals surface area contributed by atoms with Crippen LogP contribution in [0.1, 0.15) is 19.4 Å². The molecule has 14 heavy (non-hydrogen) atoms. The van der Waals surface area contributed by atoms with Crippen LogP contribution in [0.5, 0.6) is 0 Å². The van der Waals surface area contributed by atoms with Gasteiger partial charge in [-0.05, 0) is 26.0 Å². The maximum absolute atomic E-state index is 8.66. The number of anilines is 1. The minimum Gasteiger partial charge on any atom is -0.367 e. The minimum atomic E-state index is 0.625. The molecule has 0 bridgehead atoms. The van der Waals surface area contributed by atoms with E-state index in [0.717, 1.165) is 12.4 Å². The van der Waals surface area contributed by atoms with Gasteiger partial charge in [0.1, 0.15) is 5.82 Å². The smallest absolute Gasteiger partial charge is 0.127 e. The first-order valence-electron chi connectivity index (χ1n) is 4.46. The molecule has 3 heteroatoms. The number of nitriles is 1. The van der Waals surface area contributed by atoms with Crippen molar-refractivity contribution in [3.8, 4) is 6.07 Å². The number of pyridine rings is 1. The number of aromatic nitrogens is 1. The van der Waals surface area contributed by atoms with Gasteiger partial charge >= 0.3 is 0 Å². The van der Waals surface area contributed by atoms with Gasteiger partial charge in [-0.25, -0.2) is 4.98 Å². The van der Waals surface area contributed by atoms with Crippen LogP contribution in [-0.4, -0.2) is 11.5 Å². The zero-order chi connectivity index (χ0) is 10.4. The van der Waals surface area contributed by atoms with Crippen LogP contribution < -0.4 is 5.32 Å². The Hall–Kier alpha value is -1.82. The quantitative estimate of drug-likeness (QED) is 0.739. The topological polar surface area (TPSA) is 48.7 Å². The van der Waals surface area contributed by atoms with Crippen molar-refractivity contribution in [3.63, 3.8) is 0 Å². The Morgan fingerprint density at radius 1 is 1.64 bits per heavy atom. The Morgan fingerprint density at radius 2 is 2.43 bits per heavy atom. The van der Waals surface area contributed by atoms with E-state index in [2.05, 4.69) is 22.4 Å². The largest absolute Gasteiger partial charge is 0.367 e. The highest BCUT2D eigenvalue weighted by Crippen LogP contribution is 2.05. The van der Waals surface area contributed by atoms with E-state index < -0.39 is 0 Å². The third-order valence-electron chi connectivity index (χ3n) is 1.68. The highest BCUT2D eigenvalue weighted by molar-refractivity contribution is 5.42. The van der Waals surface area contributed by atoms with E-state index in [1.807, 2.05) is 13.8 Å². The Balaban J connectivity index is 2.60. The highest BCUT2D eigenvalue weighted by Gasteiger charge is 1.93. The van der Waals surface area contributed by atoms with E-state index in [4.69, 9.17) is 5.26 Å². The molecule has 0 aromatic carbocycles. The number of allylic oxidation sites excluding steroid dienone is 1. The van der Waals surface area contributed by atoms with Gasteiger partial charge in [-0.3, -0.25) is 0 Å². The average molecular weight is 187 g/mol. The predicted octanol–water partition coefficient (Wildman–Crippen LogP) is 2.33. The molecule has 0 fully saturated rings. The summed E-state index contributed by atoms with van der Waals surface area (Å²) in [5.41, 5.74) is 1.88. The lowest BCUT2D eigenvalue weighted by molar-refractivity contribution is 1.20.